The zero-order valence-corrected chi connectivity index (χ0v) is 14.4. The molecule has 7 heteroatoms. The van der Waals surface area contributed by atoms with E-state index in [1.165, 1.54) is 28.3 Å². The maximum atomic E-state index is 12.7. The van der Waals surface area contributed by atoms with Gasteiger partial charge in [0.05, 0.1) is 5.41 Å². The Morgan fingerprint density at radius 1 is 1.13 bits per heavy atom. The number of piperidine rings is 1. The maximum absolute atomic E-state index is 12.7. The van der Waals surface area contributed by atoms with Crippen LogP contribution in [0.25, 0.3) is 0 Å². The van der Waals surface area contributed by atoms with Crippen LogP contribution in [0.5, 0.6) is 0 Å². The lowest BCUT2D eigenvalue weighted by Crippen LogP contribution is -2.52. The van der Waals surface area contributed by atoms with Crippen LogP contribution >= 0.6 is 0 Å². The first-order chi connectivity index (χ1) is 10.8. The molecule has 1 aromatic rings. The van der Waals surface area contributed by atoms with Crippen molar-refractivity contribution in [3.05, 3.63) is 35.4 Å². The van der Waals surface area contributed by atoms with Crippen LogP contribution in [0.15, 0.2) is 24.3 Å². The van der Waals surface area contributed by atoms with Gasteiger partial charge in [-0.2, -0.15) is 17.0 Å². The maximum Gasteiger partial charge on any atom is 0.281 e. The number of rotatable bonds is 2. The molecule has 1 amide bonds. The number of hydrogen-bond donors (Lipinski definition) is 1. The standard InChI is InChI=1S/C16H23N3O3S/c1-18(2)23(21,22)19-9-7-16(8-10-19)11-13-5-3-4-6-14(13)12-17-15(16)20/h3-6H,7-12H2,1-2H3,(H,17,20). The van der Waals surface area contributed by atoms with E-state index in [0.29, 0.717) is 38.9 Å². The second-order valence-electron chi connectivity index (χ2n) is 6.60. The van der Waals surface area contributed by atoms with E-state index < -0.39 is 15.6 Å². The fraction of sp³-hybridized carbons (Fsp3) is 0.562. The summed E-state index contributed by atoms with van der Waals surface area (Å²) in [4.78, 5) is 12.7. The molecular formula is C16H23N3O3S. The Hall–Kier alpha value is -1.44. The highest BCUT2D eigenvalue weighted by Crippen LogP contribution is 2.38. The van der Waals surface area contributed by atoms with Crippen LogP contribution in [0.3, 0.4) is 0 Å². The molecule has 2 aliphatic heterocycles. The first kappa shape index (κ1) is 16.4. The molecule has 1 fully saturated rings. The highest BCUT2D eigenvalue weighted by molar-refractivity contribution is 7.86. The summed E-state index contributed by atoms with van der Waals surface area (Å²) in [6.45, 7) is 1.32. The minimum absolute atomic E-state index is 0.0515. The Balaban J connectivity index is 1.83. The summed E-state index contributed by atoms with van der Waals surface area (Å²) in [5, 5.41) is 3.02. The van der Waals surface area contributed by atoms with Gasteiger partial charge in [0, 0.05) is 33.7 Å². The molecule has 1 N–H and O–H groups in total. The molecule has 0 atom stereocenters. The average molecular weight is 337 g/mol. The number of nitrogens with zero attached hydrogens (tertiary/aromatic N) is 2. The number of carbonyl (C=O) groups is 1. The zero-order chi connectivity index (χ0) is 16.7. The zero-order valence-electron chi connectivity index (χ0n) is 13.6. The molecule has 126 valence electrons. The first-order valence-electron chi connectivity index (χ1n) is 7.88. The summed E-state index contributed by atoms with van der Waals surface area (Å²) in [6, 6.07) is 8.09. The lowest BCUT2D eigenvalue weighted by molar-refractivity contribution is -0.133. The second-order valence-corrected chi connectivity index (χ2v) is 8.74. The summed E-state index contributed by atoms with van der Waals surface area (Å²) in [5.74, 6) is 0.0515. The third-order valence-electron chi connectivity index (χ3n) is 5.04. The summed E-state index contributed by atoms with van der Waals surface area (Å²) >= 11 is 0. The molecule has 1 saturated heterocycles. The van der Waals surface area contributed by atoms with Crippen LogP contribution in [-0.2, 0) is 28.0 Å². The molecule has 0 radical (unpaired) electrons. The monoisotopic (exact) mass is 337 g/mol. The van der Waals surface area contributed by atoms with E-state index in [-0.39, 0.29) is 5.91 Å². The highest BCUT2D eigenvalue weighted by Gasteiger charge is 2.45. The largest absolute Gasteiger partial charge is 0.352 e. The van der Waals surface area contributed by atoms with Gasteiger partial charge in [0.25, 0.3) is 10.2 Å². The molecular weight excluding hydrogens is 314 g/mol. The van der Waals surface area contributed by atoms with Gasteiger partial charge in [0.2, 0.25) is 5.91 Å². The van der Waals surface area contributed by atoms with Crippen LogP contribution in [0.2, 0.25) is 0 Å². The van der Waals surface area contributed by atoms with Gasteiger partial charge in [0.15, 0.2) is 0 Å². The smallest absolute Gasteiger partial charge is 0.281 e. The van der Waals surface area contributed by atoms with Crippen LogP contribution < -0.4 is 5.32 Å². The number of nitrogens with one attached hydrogen (secondary N) is 1. The van der Waals surface area contributed by atoms with Crippen molar-refractivity contribution in [3.8, 4) is 0 Å². The molecule has 0 saturated carbocycles. The molecule has 0 unspecified atom stereocenters. The van der Waals surface area contributed by atoms with Crippen molar-refractivity contribution in [1.29, 1.82) is 0 Å². The van der Waals surface area contributed by atoms with E-state index >= 15 is 0 Å². The molecule has 1 aromatic carbocycles. The predicted octanol–water partition coefficient (Wildman–Crippen LogP) is 0.747. The van der Waals surface area contributed by atoms with Crippen LogP contribution in [0.1, 0.15) is 24.0 Å². The Morgan fingerprint density at radius 3 is 2.35 bits per heavy atom. The number of fused-ring (bicyclic) bond motifs is 1. The van der Waals surface area contributed by atoms with Gasteiger partial charge >= 0.3 is 0 Å². The van der Waals surface area contributed by atoms with Gasteiger partial charge in [-0.25, -0.2) is 0 Å². The summed E-state index contributed by atoms with van der Waals surface area (Å²) in [5.41, 5.74) is 1.85. The van der Waals surface area contributed by atoms with E-state index in [1.807, 2.05) is 18.2 Å². The summed E-state index contributed by atoms with van der Waals surface area (Å²) in [6.07, 6.45) is 1.80. The molecule has 0 bridgehead atoms. The quantitative estimate of drug-likeness (QED) is 0.866. The molecule has 23 heavy (non-hydrogen) atoms. The SMILES string of the molecule is CN(C)S(=O)(=O)N1CCC2(CC1)Cc1ccccc1CNC2=O. The van der Waals surface area contributed by atoms with Crippen molar-refractivity contribution >= 4 is 16.1 Å². The fourth-order valence-electron chi connectivity index (χ4n) is 3.49. The fourth-order valence-corrected chi connectivity index (χ4v) is 4.60. The minimum atomic E-state index is -3.41. The van der Waals surface area contributed by atoms with Gasteiger partial charge in [-0.1, -0.05) is 24.3 Å². The van der Waals surface area contributed by atoms with Crippen molar-refractivity contribution < 1.29 is 13.2 Å². The van der Waals surface area contributed by atoms with Crippen LogP contribution in [0, 0.1) is 5.41 Å². The lowest BCUT2D eigenvalue weighted by atomic mass is 9.73. The van der Waals surface area contributed by atoms with Crippen molar-refractivity contribution in [2.75, 3.05) is 27.2 Å². The Kier molecular flexibility index (Phi) is 4.20. The van der Waals surface area contributed by atoms with E-state index in [4.69, 9.17) is 0 Å². The van der Waals surface area contributed by atoms with Gasteiger partial charge in [-0.05, 0) is 30.4 Å². The molecule has 2 aliphatic rings. The van der Waals surface area contributed by atoms with E-state index in [0.717, 1.165) is 5.56 Å². The van der Waals surface area contributed by atoms with Crippen molar-refractivity contribution in [2.45, 2.75) is 25.8 Å². The van der Waals surface area contributed by atoms with E-state index in [2.05, 4.69) is 11.4 Å². The first-order valence-corrected chi connectivity index (χ1v) is 9.28. The Labute approximate surface area is 137 Å². The van der Waals surface area contributed by atoms with Crippen LogP contribution in [0.4, 0.5) is 0 Å². The van der Waals surface area contributed by atoms with Gasteiger partial charge in [0.1, 0.15) is 0 Å². The average Bonchev–Trinajstić information content (AvgIpc) is 2.66. The van der Waals surface area contributed by atoms with Crippen molar-refractivity contribution in [1.82, 2.24) is 13.9 Å². The summed E-state index contributed by atoms with van der Waals surface area (Å²) < 4.78 is 27.2. The Morgan fingerprint density at radius 2 is 1.74 bits per heavy atom. The molecule has 2 heterocycles. The normalized spacial score (nSPS) is 21.8. The third-order valence-corrected chi connectivity index (χ3v) is 6.98. The number of carbonyl (C=O) groups excluding carboxylic acids is 1. The van der Waals surface area contributed by atoms with Crippen LogP contribution in [-0.4, -0.2) is 50.1 Å². The Bertz CT molecular complexity index is 707. The highest BCUT2D eigenvalue weighted by atomic mass is 32.2. The van der Waals surface area contributed by atoms with E-state index in [9.17, 15) is 13.2 Å². The molecule has 3 rings (SSSR count). The number of benzene rings is 1. The van der Waals surface area contributed by atoms with Gasteiger partial charge in [-0.15, -0.1) is 0 Å². The molecule has 6 nitrogen and oxygen atoms in total. The van der Waals surface area contributed by atoms with Crippen molar-refractivity contribution in [2.24, 2.45) is 5.41 Å². The second kappa shape index (κ2) is 5.89. The minimum Gasteiger partial charge on any atom is -0.352 e. The third kappa shape index (κ3) is 2.88. The van der Waals surface area contributed by atoms with Gasteiger partial charge in [-0.3, -0.25) is 4.79 Å². The summed E-state index contributed by atoms with van der Waals surface area (Å²) in [7, 11) is -0.335. The lowest BCUT2D eigenvalue weighted by Gasteiger charge is -2.40. The molecule has 0 aliphatic carbocycles. The van der Waals surface area contributed by atoms with Crippen molar-refractivity contribution in [3.63, 3.8) is 0 Å². The number of hydrogen-bond acceptors (Lipinski definition) is 3. The van der Waals surface area contributed by atoms with Gasteiger partial charge < -0.3 is 5.32 Å². The molecule has 0 aromatic heterocycles. The topological polar surface area (TPSA) is 69.7 Å². The molecule has 1 spiro atoms. The van der Waals surface area contributed by atoms with E-state index in [1.54, 1.807) is 0 Å². The number of amides is 1. The predicted molar refractivity (Wildman–Crippen MR) is 87.8 cm³/mol.